The van der Waals surface area contributed by atoms with Crippen molar-refractivity contribution in [2.45, 2.75) is 122 Å². The zero-order valence-electron chi connectivity index (χ0n) is 44.4. The van der Waals surface area contributed by atoms with Gasteiger partial charge < -0.3 is 9.80 Å². The van der Waals surface area contributed by atoms with Crippen molar-refractivity contribution in [1.82, 2.24) is 0 Å². The van der Waals surface area contributed by atoms with Crippen molar-refractivity contribution in [3.05, 3.63) is 228 Å². The Kier molecular flexibility index (Phi) is 10.6. The topological polar surface area (TPSA) is 6.48 Å². The van der Waals surface area contributed by atoms with Crippen molar-refractivity contribution in [3.63, 3.8) is 0 Å². The van der Waals surface area contributed by atoms with Gasteiger partial charge in [0.25, 0.3) is 0 Å². The quantitative estimate of drug-likeness (QED) is 0.164. The standard InChI is InChI=1S/C71H72N2/c1-67(2,3)53-37-39-69(7)63(45-53)59-43-49(31-35-65(59)72(69)55-25-17-11-18-26-55)47-29-33-61-57(41-47)58-42-48(30-34-62(58)71(61,51-21-13-9-14-22-51)52-23-15-10-16-24-52)50-32-36-66-60(44-50)64-46-54(68(4,5)6)38-40-70(64,8)73(66)56-27-19-12-20-28-56/h9-36,41-44,53-54,63-64H,37-40,45-46H2,1-8H3. The average Bonchev–Trinajstić information content (AvgIpc) is 3.96. The van der Waals surface area contributed by atoms with E-state index in [1.807, 2.05) is 0 Å². The van der Waals surface area contributed by atoms with Crippen LogP contribution in [0.4, 0.5) is 22.7 Å². The van der Waals surface area contributed by atoms with Crippen LogP contribution in [0.3, 0.4) is 0 Å². The van der Waals surface area contributed by atoms with Crippen LogP contribution in [0.2, 0.25) is 0 Å². The first-order valence-corrected chi connectivity index (χ1v) is 27.6. The predicted octanol–water partition coefficient (Wildman–Crippen LogP) is 19.1. The van der Waals surface area contributed by atoms with E-state index in [1.54, 1.807) is 0 Å². The average molecular weight is 953 g/mol. The van der Waals surface area contributed by atoms with Gasteiger partial charge in [0.2, 0.25) is 0 Å². The van der Waals surface area contributed by atoms with Crippen molar-refractivity contribution in [2.24, 2.45) is 22.7 Å². The minimum Gasteiger partial charge on any atom is -0.335 e. The van der Waals surface area contributed by atoms with Crippen LogP contribution in [-0.2, 0) is 5.41 Å². The largest absolute Gasteiger partial charge is 0.335 e. The number of para-hydroxylation sites is 2. The molecule has 5 aliphatic rings. The van der Waals surface area contributed by atoms with E-state index in [-0.39, 0.29) is 21.9 Å². The first-order valence-electron chi connectivity index (χ1n) is 27.6. The van der Waals surface area contributed by atoms with E-state index in [9.17, 15) is 0 Å². The summed E-state index contributed by atoms with van der Waals surface area (Å²) in [5.41, 5.74) is 21.6. The molecule has 0 N–H and O–H groups in total. The molecule has 6 atom stereocenters. The molecule has 6 unspecified atom stereocenters. The van der Waals surface area contributed by atoms with Gasteiger partial charge in [0.1, 0.15) is 0 Å². The van der Waals surface area contributed by atoms with Gasteiger partial charge in [-0.05, 0) is 202 Å². The summed E-state index contributed by atoms with van der Waals surface area (Å²) in [6.45, 7) is 19.8. The first-order chi connectivity index (χ1) is 35.2. The van der Waals surface area contributed by atoms with Crippen LogP contribution in [0.1, 0.15) is 139 Å². The molecule has 8 aromatic carbocycles. The molecule has 3 aliphatic carbocycles. The van der Waals surface area contributed by atoms with Crippen LogP contribution in [0.15, 0.2) is 194 Å². The molecule has 366 valence electrons. The number of hydrogen-bond acceptors (Lipinski definition) is 2. The van der Waals surface area contributed by atoms with Gasteiger partial charge >= 0.3 is 0 Å². The molecule has 2 fully saturated rings. The minimum atomic E-state index is -0.482. The number of rotatable bonds is 6. The molecule has 2 nitrogen and oxygen atoms in total. The van der Waals surface area contributed by atoms with Crippen molar-refractivity contribution < 1.29 is 0 Å². The lowest BCUT2D eigenvalue weighted by Gasteiger charge is -2.49. The Balaban J connectivity index is 0.977. The SMILES string of the molecule is CC(C)(C)C1CCC2(C)C(C1)c1cc(-c3ccc4c(c3)-c3cc(-c5ccc6c(c5)C5CC(C(C)(C)C)CCC5(C)N6c5ccccc5)ccc3C4(c3ccccc3)c3ccccc3)ccc1N2c1ccccc1. The van der Waals surface area contributed by atoms with Gasteiger partial charge in [-0.1, -0.05) is 175 Å². The van der Waals surface area contributed by atoms with E-state index >= 15 is 0 Å². The number of fused-ring (bicyclic) bond motifs is 9. The maximum Gasteiger partial charge on any atom is 0.0713 e. The number of hydrogen-bond donors (Lipinski definition) is 0. The maximum absolute atomic E-state index is 2.71. The van der Waals surface area contributed by atoms with E-state index in [0.29, 0.717) is 23.7 Å². The minimum absolute atomic E-state index is 0.0175. The van der Waals surface area contributed by atoms with Crippen molar-refractivity contribution in [3.8, 4) is 33.4 Å². The second-order valence-corrected chi connectivity index (χ2v) is 25.4. The Morgan fingerprint density at radius 3 is 1.11 bits per heavy atom. The summed E-state index contributed by atoms with van der Waals surface area (Å²) in [4.78, 5) is 5.42. The molecule has 2 heterocycles. The highest BCUT2D eigenvalue weighted by molar-refractivity contribution is 5.92. The normalized spacial score (nSPS) is 24.5. The number of anilines is 4. The van der Waals surface area contributed by atoms with Crippen LogP contribution < -0.4 is 9.80 Å². The van der Waals surface area contributed by atoms with Crippen molar-refractivity contribution in [1.29, 1.82) is 0 Å². The molecule has 73 heavy (non-hydrogen) atoms. The summed E-state index contributed by atoms with van der Waals surface area (Å²) >= 11 is 0. The fraction of sp³-hybridized carbons (Fsp3) is 0.324. The molecular weight excluding hydrogens is 881 g/mol. The van der Waals surface area contributed by atoms with E-state index < -0.39 is 5.41 Å². The van der Waals surface area contributed by atoms with E-state index in [2.05, 4.69) is 259 Å². The van der Waals surface area contributed by atoms with Crippen LogP contribution in [0.5, 0.6) is 0 Å². The molecule has 0 saturated heterocycles. The second kappa shape index (κ2) is 16.7. The van der Waals surface area contributed by atoms with Crippen LogP contribution in [-0.4, -0.2) is 11.1 Å². The molecular formula is C71H72N2. The number of benzene rings is 8. The highest BCUT2D eigenvalue weighted by atomic mass is 15.2. The summed E-state index contributed by atoms with van der Waals surface area (Å²) < 4.78 is 0. The summed E-state index contributed by atoms with van der Waals surface area (Å²) in [5, 5.41) is 0. The van der Waals surface area contributed by atoms with Gasteiger partial charge in [0, 0.05) is 45.7 Å². The van der Waals surface area contributed by atoms with Crippen LogP contribution in [0.25, 0.3) is 33.4 Å². The first kappa shape index (κ1) is 46.2. The number of nitrogens with zero attached hydrogens (tertiary/aromatic N) is 2. The second-order valence-electron chi connectivity index (χ2n) is 25.4. The lowest BCUT2D eigenvalue weighted by atomic mass is 9.62. The molecule has 0 bridgehead atoms. The Bertz CT molecular complexity index is 3150. The Hall–Kier alpha value is -6.64. The van der Waals surface area contributed by atoms with Crippen molar-refractivity contribution in [2.75, 3.05) is 9.80 Å². The van der Waals surface area contributed by atoms with Gasteiger partial charge in [-0.3, -0.25) is 0 Å². The zero-order chi connectivity index (χ0) is 50.1. The Morgan fingerprint density at radius 1 is 0.397 bits per heavy atom. The zero-order valence-corrected chi connectivity index (χ0v) is 44.4. The maximum atomic E-state index is 2.71. The summed E-state index contributed by atoms with van der Waals surface area (Å²) in [6, 6.07) is 74.9. The fourth-order valence-corrected chi connectivity index (χ4v) is 15.5. The lowest BCUT2D eigenvalue weighted by molar-refractivity contribution is 0.127. The third-order valence-corrected chi connectivity index (χ3v) is 19.5. The third kappa shape index (κ3) is 7.02. The lowest BCUT2D eigenvalue weighted by Crippen LogP contribution is -2.48. The molecule has 8 aromatic rings. The molecule has 2 aliphatic heterocycles. The van der Waals surface area contributed by atoms with Gasteiger partial charge in [-0.15, -0.1) is 0 Å². The summed E-state index contributed by atoms with van der Waals surface area (Å²) in [6.07, 6.45) is 7.30. The molecule has 0 amide bonds. The van der Waals surface area contributed by atoms with E-state index in [1.165, 1.54) is 128 Å². The van der Waals surface area contributed by atoms with Gasteiger partial charge in [0.05, 0.1) is 5.41 Å². The van der Waals surface area contributed by atoms with Gasteiger partial charge in [-0.25, -0.2) is 0 Å². The summed E-state index contributed by atoms with van der Waals surface area (Å²) in [7, 11) is 0. The highest BCUT2D eigenvalue weighted by Crippen LogP contribution is 2.63. The highest BCUT2D eigenvalue weighted by Gasteiger charge is 2.55. The molecule has 0 spiro atoms. The third-order valence-electron chi connectivity index (χ3n) is 19.5. The molecule has 2 saturated carbocycles. The molecule has 0 aromatic heterocycles. The molecule has 2 heteroatoms. The van der Waals surface area contributed by atoms with Gasteiger partial charge in [0.15, 0.2) is 0 Å². The Labute approximate surface area is 436 Å². The van der Waals surface area contributed by atoms with Crippen LogP contribution in [0, 0.1) is 22.7 Å². The molecule has 13 rings (SSSR count). The van der Waals surface area contributed by atoms with Crippen LogP contribution >= 0.6 is 0 Å². The molecule has 0 radical (unpaired) electrons. The monoisotopic (exact) mass is 953 g/mol. The predicted molar refractivity (Wildman–Crippen MR) is 308 cm³/mol. The van der Waals surface area contributed by atoms with Gasteiger partial charge in [-0.2, -0.15) is 0 Å². The Morgan fingerprint density at radius 2 is 0.740 bits per heavy atom. The summed E-state index contributed by atoms with van der Waals surface area (Å²) in [5.74, 6) is 2.24. The smallest absolute Gasteiger partial charge is 0.0713 e. The van der Waals surface area contributed by atoms with E-state index in [4.69, 9.17) is 0 Å². The van der Waals surface area contributed by atoms with E-state index in [0.717, 1.165) is 0 Å². The fourth-order valence-electron chi connectivity index (χ4n) is 15.5. The van der Waals surface area contributed by atoms with Crippen molar-refractivity contribution >= 4 is 22.7 Å².